The van der Waals surface area contributed by atoms with Gasteiger partial charge in [0.25, 0.3) is 0 Å². The molecule has 0 N–H and O–H groups in total. The summed E-state index contributed by atoms with van der Waals surface area (Å²) in [6.45, 7) is 9.50. The second-order valence-corrected chi connectivity index (χ2v) is 61.6. The Kier molecular flexibility index (Phi) is 8.57. The Labute approximate surface area is 261 Å². The van der Waals surface area contributed by atoms with Crippen LogP contribution in [0.4, 0.5) is 0 Å². The van der Waals surface area contributed by atoms with Crippen molar-refractivity contribution in [2.45, 2.75) is 75.8 Å². The van der Waals surface area contributed by atoms with Crippen LogP contribution in [0.2, 0.25) is 22.0 Å². The molecule has 0 spiro atoms. The van der Waals surface area contributed by atoms with Gasteiger partial charge in [0.05, 0.1) is 0 Å². The zero-order chi connectivity index (χ0) is 30.2. The molecule has 0 radical (unpaired) electrons. The van der Waals surface area contributed by atoms with Gasteiger partial charge in [-0.15, -0.1) is 0 Å². The number of unbranched alkanes of at least 4 members (excludes halogenated alkanes) is 3. The van der Waals surface area contributed by atoms with Gasteiger partial charge in [-0.2, -0.15) is 0 Å². The van der Waals surface area contributed by atoms with E-state index >= 15 is 0 Å². The summed E-state index contributed by atoms with van der Waals surface area (Å²) in [5, 5.41) is 0. The number of benzene rings is 4. The first-order valence-corrected chi connectivity index (χ1v) is 35.4. The Morgan fingerprint density at radius 3 is 1.58 bits per heavy atom. The molecule has 2 aliphatic carbocycles. The van der Waals surface area contributed by atoms with Gasteiger partial charge in [-0.3, -0.25) is 0 Å². The van der Waals surface area contributed by atoms with E-state index in [4.69, 9.17) is 0 Å². The topological polar surface area (TPSA) is 0 Å². The molecule has 220 valence electrons. The van der Waals surface area contributed by atoms with Gasteiger partial charge >= 0.3 is 263 Å². The van der Waals surface area contributed by atoms with Crippen LogP contribution < -0.4 is 0 Å². The Bertz CT molecular complexity index is 1690. The third-order valence-electron chi connectivity index (χ3n) is 11.2. The van der Waals surface area contributed by atoms with Crippen LogP contribution in [0.15, 0.2) is 97.1 Å². The van der Waals surface area contributed by atoms with E-state index in [0.29, 0.717) is 7.35 Å². The van der Waals surface area contributed by atoms with Crippen LogP contribution in [0.25, 0.3) is 34.4 Å². The Balaban J connectivity index is 1.52. The van der Waals surface area contributed by atoms with Crippen LogP contribution >= 0.6 is 0 Å². The molecule has 2 heteroatoms. The molecule has 0 aliphatic heterocycles. The Morgan fingerprint density at radius 2 is 1.12 bits per heavy atom. The quantitative estimate of drug-likeness (QED) is 0.118. The molecule has 0 aromatic heterocycles. The predicted octanol–water partition coefficient (Wildman–Crippen LogP) is 12.5. The van der Waals surface area contributed by atoms with E-state index in [2.05, 4.69) is 146 Å². The van der Waals surface area contributed by atoms with Crippen LogP contribution in [-0.4, -0.2) is 5.49 Å². The van der Waals surface area contributed by atoms with Crippen LogP contribution in [0, 0.1) is 13.8 Å². The fourth-order valence-corrected chi connectivity index (χ4v) is 51.9. The predicted molar refractivity (Wildman–Crippen MR) is 189 cm³/mol. The molecular formula is C41H48HfSi. The molecule has 2 atom stereocenters. The molecule has 2 aliphatic rings. The summed E-state index contributed by atoms with van der Waals surface area (Å²) >= 11 is -3.81. The first-order chi connectivity index (χ1) is 20.7. The molecular weight excluding hydrogens is 699 g/mol. The van der Waals surface area contributed by atoms with Crippen molar-refractivity contribution < 1.29 is 17.1 Å². The van der Waals surface area contributed by atoms with Crippen LogP contribution in [-0.2, 0) is 17.1 Å². The second kappa shape index (κ2) is 12.1. The van der Waals surface area contributed by atoms with Crippen molar-refractivity contribution in [3.05, 3.63) is 130 Å². The molecule has 43 heavy (non-hydrogen) atoms. The zero-order valence-corrected chi connectivity index (χ0v) is 31.7. The summed E-state index contributed by atoms with van der Waals surface area (Å²) in [6.07, 6.45) is 15.8. The molecule has 4 aromatic carbocycles. The van der Waals surface area contributed by atoms with Crippen molar-refractivity contribution >= 4 is 17.6 Å². The average molecular weight is 747 g/mol. The molecule has 0 bridgehead atoms. The zero-order valence-electron chi connectivity index (χ0n) is 27.1. The molecule has 0 nitrogen and oxygen atoms in total. The van der Waals surface area contributed by atoms with Crippen LogP contribution in [0.3, 0.4) is 0 Å². The molecule has 0 heterocycles. The van der Waals surface area contributed by atoms with E-state index in [1.807, 2.05) is 0 Å². The van der Waals surface area contributed by atoms with Crippen molar-refractivity contribution in [2.75, 3.05) is 0 Å². The van der Waals surface area contributed by atoms with E-state index < -0.39 is 22.6 Å². The van der Waals surface area contributed by atoms with E-state index in [1.165, 1.54) is 76.2 Å². The van der Waals surface area contributed by atoms with Gasteiger partial charge in [-0.05, 0) is 0 Å². The molecule has 6 rings (SSSR count). The van der Waals surface area contributed by atoms with Gasteiger partial charge < -0.3 is 0 Å². The minimum atomic E-state index is -3.81. The molecule has 2 unspecified atom stereocenters. The van der Waals surface area contributed by atoms with Gasteiger partial charge in [-0.25, -0.2) is 0 Å². The molecule has 0 fully saturated rings. The fourth-order valence-electron chi connectivity index (χ4n) is 8.29. The Morgan fingerprint density at radius 1 is 0.628 bits per heavy atom. The number of aryl methyl sites for hydroxylation is 2. The van der Waals surface area contributed by atoms with E-state index in [1.54, 1.807) is 11.1 Å². The van der Waals surface area contributed by atoms with Crippen LogP contribution in [0.1, 0.15) is 73.3 Å². The van der Waals surface area contributed by atoms with Gasteiger partial charge in [0.1, 0.15) is 0 Å². The first kappa shape index (κ1) is 30.5. The summed E-state index contributed by atoms with van der Waals surface area (Å²) in [5.74, 6) is 0. The van der Waals surface area contributed by atoms with Crippen molar-refractivity contribution in [3.63, 3.8) is 0 Å². The second-order valence-electron chi connectivity index (χ2n) is 14.2. The number of hydrogen-bond donors (Lipinski definition) is 0. The minimum absolute atomic E-state index is 0.574. The van der Waals surface area contributed by atoms with Crippen molar-refractivity contribution in [2.24, 2.45) is 0 Å². The van der Waals surface area contributed by atoms with Crippen LogP contribution in [0.5, 0.6) is 0 Å². The summed E-state index contributed by atoms with van der Waals surface area (Å²) in [7, 11) is 0. The maximum atomic E-state index is 2.89. The number of rotatable bonds is 9. The summed E-state index contributed by atoms with van der Waals surface area (Å²) in [4.78, 5) is 0. The average Bonchev–Trinajstić information content (AvgIpc) is 3.65. The third kappa shape index (κ3) is 5.37. The standard InChI is InChI=1S/2C16H13.C7H16Si.2CH3.Hf/c2*1-12-5-2-8-14(11-12)16-10-4-7-13-6-3-9-15(13)16;1-3-4-5-6-7-8-2;;;/h2*2-11H,1H3;3-7H2,1-2H3;2*1H3;. The first-order valence-electron chi connectivity index (χ1n) is 16.5. The normalized spacial score (nSPS) is 17.3. The SMILES string of the molecule is CCCCCC[Si](C)=[Hf]([CH3])([CH3])([CH]1C=Cc2c(-c3cccc(C)c3)cccc21)[CH]1C=Cc2c(-c3cccc(C)c3)cccc21. The van der Waals surface area contributed by atoms with Gasteiger partial charge in [0.2, 0.25) is 0 Å². The van der Waals surface area contributed by atoms with Crippen molar-refractivity contribution in [1.82, 2.24) is 0 Å². The number of allylic oxidation sites excluding steroid dienone is 2. The van der Waals surface area contributed by atoms with E-state index in [9.17, 15) is 0 Å². The van der Waals surface area contributed by atoms with E-state index in [0.717, 1.165) is 0 Å². The van der Waals surface area contributed by atoms with Gasteiger partial charge in [0, 0.05) is 0 Å². The maximum absolute atomic E-state index is 3.81. The summed E-state index contributed by atoms with van der Waals surface area (Å²) < 4.78 is 6.92. The third-order valence-corrected chi connectivity index (χ3v) is 69.2. The van der Waals surface area contributed by atoms with Crippen molar-refractivity contribution in [1.29, 1.82) is 0 Å². The van der Waals surface area contributed by atoms with Gasteiger partial charge in [-0.1, -0.05) is 0 Å². The fraction of sp³-hybridized carbons (Fsp3) is 0.317. The van der Waals surface area contributed by atoms with E-state index in [-0.39, 0.29) is 0 Å². The molecule has 0 amide bonds. The molecule has 0 saturated heterocycles. The Hall–Kier alpha value is -2.55. The monoisotopic (exact) mass is 748 g/mol. The number of hydrogen-bond acceptors (Lipinski definition) is 0. The van der Waals surface area contributed by atoms with Crippen molar-refractivity contribution in [3.8, 4) is 22.3 Å². The molecule has 4 aromatic rings. The molecule has 0 saturated carbocycles. The number of fused-ring (bicyclic) bond motifs is 2. The summed E-state index contributed by atoms with van der Waals surface area (Å²) in [6, 6.07) is 33.9. The summed E-state index contributed by atoms with van der Waals surface area (Å²) in [5.41, 5.74) is 13.7. The van der Waals surface area contributed by atoms with Gasteiger partial charge in [0.15, 0.2) is 0 Å².